The van der Waals surface area contributed by atoms with Gasteiger partial charge in [0.15, 0.2) is 5.78 Å². The normalized spacial score (nSPS) is 16.5. The van der Waals surface area contributed by atoms with Gasteiger partial charge in [0.25, 0.3) is 0 Å². The molecule has 19 heteroatoms. The number of hydrogen-bond donors (Lipinski definition) is 2. The molecule has 1 heterocycles. The lowest BCUT2D eigenvalue weighted by molar-refractivity contribution is -0.199. The van der Waals surface area contributed by atoms with Gasteiger partial charge in [0.05, 0.1) is 14.2 Å². The average Bonchev–Trinajstić information content (AvgIpc) is 3.73. The van der Waals surface area contributed by atoms with Crippen LogP contribution >= 0.6 is 0 Å². The first-order valence-electron chi connectivity index (χ1n) is 19.6. The predicted octanol–water partition coefficient (Wildman–Crippen LogP) is 10.0. The fourth-order valence-corrected chi connectivity index (χ4v) is 6.35. The van der Waals surface area contributed by atoms with Crippen molar-refractivity contribution >= 4 is 23.8 Å². The van der Waals surface area contributed by atoms with Crippen LogP contribution in [-0.4, -0.2) is 68.1 Å². The number of halogens is 8. The highest BCUT2D eigenvalue weighted by Gasteiger charge is 2.45. The molecule has 346 valence electrons. The van der Waals surface area contributed by atoms with Crippen molar-refractivity contribution in [3.63, 3.8) is 0 Å². The predicted molar refractivity (Wildman–Crippen MR) is 214 cm³/mol. The van der Waals surface area contributed by atoms with Gasteiger partial charge in [0, 0.05) is 29.2 Å². The van der Waals surface area contributed by atoms with Crippen molar-refractivity contribution in [3.8, 4) is 11.5 Å². The molecule has 0 bridgehead atoms. The first kappa shape index (κ1) is 50.4. The summed E-state index contributed by atoms with van der Waals surface area (Å²) in [5.41, 5.74) is -1.10. The number of ketones is 1. The van der Waals surface area contributed by atoms with Crippen LogP contribution in [0.15, 0.2) is 97.1 Å². The zero-order valence-electron chi connectivity index (χ0n) is 35.2. The number of esters is 2. The number of nitrogens with one attached hydrogen (secondary N) is 2. The van der Waals surface area contributed by atoms with E-state index in [0.29, 0.717) is 12.8 Å². The molecular formula is C45H46F8N2O9. The first-order valence-corrected chi connectivity index (χ1v) is 19.6. The smallest absolute Gasteiger partial charge is 0.429 e. The van der Waals surface area contributed by atoms with Gasteiger partial charge >= 0.3 is 30.4 Å². The van der Waals surface area contributed by atoms with Gasteiger partial charge in [-0.25, -0.2) is 18.4 Å². The topological polar surface area (TPSA) is 138 Å². The summed E-state index contributed by atoms with van der Waals surface area (Å²) < 4.78 is 133. The molecule has 11 nitrogen and oxygen atoms in total. The number of Topliss-reactive ketones (excluding diaryl/α,β-unsaturated/α-hetero) is 1. The highest BCUT2D eigenvalue weighted by molar-refractivity contribution is 5.96. The van der Waals surface area contributed by atoms with Gasteiger partial charge in [-0.15, -0.1) is 0 Å². The minimum Gasteiger partial charge on any atom is -0.476 e. The van der Waals surface area contributed by atoms with Crippen LogP contribution in [0.3, 0.4) is 0 Å². The van der Waals surface area contributed by atoms with Gasteiger partial charge in [-0.05, 0) is 94.1 Å². The van der Waals surface area contributed by atoms with Gasteiger partial charge in [0.1, 0.15) is 40.8 Å². The van der Waals surface area contributed by atoms with Crippen LogP contribution in [0.2, 0.25) is 0 Å². The molecule has 2 N–H and O–H groups in total. The Morgan fingerprint density at radius 2 is 1.17 bits per heavy atom. The lowest BCUT2D eigenvalue weighted by Crippen LogP contribution is -2.44. The standard InChI is InChI=1S/C25H27F4NO6.C20H19F4NO3/c1-24(2,3)36-23(33)30-19(22(32)34-4)13-14-20(31)15-9-11-16(12-10-15)35-21(25(27,28)29)17-7-5-6-8-18(17)26;1-27-19(26)17-11-10-16(25-17)12-6-8-13(9-7-12)28-18(20(22,23)24)14-4-2-3-5-15(14)21/h5-12,19,21H,13-14H2,1-4H3,(H,30,33);2-9,16-18,25H,10-11H2,1H3/t;16-,17+,18?/m.1/s1. The number of hydrogen-bond acceptors (Lipinski definition) is 10. The number of amides is 1. The number of ether oxygens (including phenoxy) is 5. The maximum Gasteiger partial charge on any atom is 0.429 e. The molecule has 3 unspecified atom stereocenters. The third kappa shape index (κ3) is 14.7. The molecule has 1 fully saturated rings. The van der Waals surface area contributed by atoms with Crippen LogP contribution in [-0.2, 0) is 23.8 Å². The molecule has 0 aliphatic carbocycles. The maximum absolute atomic E-state index is 13.9. The van der Waals surface area contributed by atoms with E-state index in [-0.39, 0.29) is 41.9 Å². The van der Waals surface area contributed by atoms with Crippen LogP contribution in [0.1, 0.15) is 91.8 Å². The second kappa shape index (κ2) is 21.9. The van der Waals surface area contributed by atoms with Crippen LogP contribution in [0.25, 0.3) is 0 Å². The first-order chi connectivity index (χ1) is 30.0. The van der Waals surface area contributed by atoms with Gasteiger partial charge < -0.3 is 29.0 Å². The van der Waals surface area contributed by atoms with Crippen LogP contribution in [0.5, 0.6) is 11.5 Å². The van der Waals surface area contributed by atoms with E-state index in [1.807, 2.05) is 0 Å². The van der Waals surface area contributed by atoms with E-state index in [0.717, 1.165) is 49.1 Å². The zero-order chi connectivity index (χ0) is 47.4. The number of rotatable bonds is 14. The number of alkyl halides is 6. The van der Waals surface area contributed by atoms with Crippen LogP contribution in [0.4, 0.5) is 39.9 Å². The molecule has 0 saturated carbocycles. The molecule has 64 heavy (non-hydrogen) atoms. The molecule has 1 aliphatic heterocycles. The lowest BCUT2D eigenvalue weighted by atomic mass is 10.0. The molecular weight excluding hydrogens is 864 g/mol. The fourth-order valence-electron chi connectivity index (χ4n) is 6.35. The third-order valence-electron chi connectivity index (χ3n) is 9.41. The Morgan fingerprint density at radius 3 is 1.61 bits per heavy atom. The summed E-state index contributed by atoms with van der Waals surface area (Å²) in [6.07, 6.45) is -14.5. The minimum atomic E-state index is -4.89. The van der Waals surface area contributed by atoms with Gasteiger partial charge in [-0.2, -0.15) is 26.3 Å². The van der Waals surface area contributed by atoms with E-state index >= 15 is 0 Å². The molecule has 0 spiro atoms. The molecule has 1 saturated heterocycles. The largest absolute Gasteiger partial charge is 0.476 e. The van der Waals surface area contributed by atoms with E-state index < -0.39 is 82.9 Å². The Bertz CT molecular complexity index is 2190. The molecule has 5 rings (SSSR count). The summed E-state index contributed by atoms with van der Waals surface area (Å²) in [4.78, 5) is 48.1. The van der Waals surface area contributed by atoms with Crippen molar-refractivity contribution in [3.05, 3.63) is 131 Å². The van der Waals surface area contributed by atoms with Gasteiger partial charge in [0.2, 0.25) is 12.2 Å². The number of carbonyl (C=O) groups is 4. The number of alkyl carbamates (subject to hydrolysis) is 1. The summed E-state index contributed by atoms with van der Waals surface area (Å²) in [6, 6.07) is 18.3. The molecule has 4 aromatic rings. The quantitative estimate of drug-likeness (QED) is 0.0544. The van der Waals surface area contributed by atoms with Crippen molar-refractivity contribution < 1.29 is 78.0 Å². The molecule has 1 aliphatic rings. The maximum atomic E-state index is 13.9. The Morgan fingerprint density at radius 1 is 0.688 bits per heavy atom. The summed E-state index contributed by atoms with van der Waals surface area (Å²) in [7, 11) is 2.44. The molecule has 0 radical (unpaired) electrons. The molecule has 1 amide bonds. The number of carbonyl (C=O) groups excluding carboxylic acids is 4. The van der Waals surface area contributed by atoms with Crippen molar-refractivity contribution in [2.75, 3.05) is 14.2 Å². The van der Waals surface area contributed by atoms with Crippen LogP contribution in [0, 0.1) is 11.6 Å². The number of methoxy groups -OCH3 is 2. The van der Waals surface area contributed by atoms with Gasteiger partial charge in [-0.3, -0.25) is 14.9 Å². The second-order valence-corrected chi connectivity index (χ2v) is 15.3. The van der Waals surface area contributed by atoms with E-state index in [1.165, 1.54) is 55.6 Å². The SMILES string of the molecule is COC(=O)C(CCC(=O)c1ccc(OC(c2ccccc2F)C(F)(F)F)cc1)NC(=O)OC(C)(C)C.COC(=O)[C@@H]1CC[C@H](c2ccc(OC(c3ccccc3F)C(F)(F)F)cc2)N1. The lowest BCUT2D eigenvalue weighted by Gasteiger charge is -2.23. The zero-order valence-corrected chi connectivity index (χ0v) is 35.2. The Balaban J connectivity index is 0.000000289. The average molecular weight is 911 g/mol. The minimum absolute atomic E-state index is 0.0307. The van der Waals surface area contributed by atoms with E-state index in [2.05, 4.69) is 15.4 Å². The summed E-state index contributed by atoms with van der Waals surface area (Å²) in [5, 5.41) is 5.48. The van der Waals surface area contributed by atoms with E-state index in [1.54, 1.807) is 32.9 Å². The highest BCUT2D eigenvalue weighted by Crippen LogP contribution is 2.40. The second-order valence-electron chi connectivity index (χ2n) is 15.3. The monoisotopic (exact) mass is 910 g/mol. The Labute approximate surface area is 363 Å². The Hall–Kier alpha value is -6.24. The highest BCUT2D eigenvalue weighted by atomic mass is 19.4. The summed E-state index contributed by atoms with van der Waals surface area (Å²) >= 11 is 0. The van der Waals surface area contributed by atoms with Crippen molar-refractivity contribution in [2.24, 2.45) is 0 Å². The fraction of sp³-hybridized carbons (Fsp3) is 0.378. The third-order valence-corrected chi connectivity index (χ3v) is 9.41. The molecule has 5 atom stereocenters. The van der Waals surface area contributed by atoms with E-state index in [9.17, 15) is 54.3 Å². The molecule has 4 aromatic carbocycles. The summed E-state index contributed by atoms with van der Waals surface area (Å²) in [5.74, 6) is -3.86. The Kier molecular flexibility index (Phi) is 17.3. The summed E-state index contributed by atoms with van der Waals surface area (Å²) in [6.45, 7) is 4.93. The van der Waals surface area contributed by atoms with Crippen molar-refractivity contribution in [1.82, 2.24) is 10.6 Å². The van der Waals surface area contributed by atoms with Crippen molar-refractivity contribution in [1.29, 1.82) is 0 Å². The van der Waals surface area contributed by atoms with Crippen LogP contribution < -0.4 is 20.1 Å². The van der Waals surface area contributed by atoms with E-state index in [4.69, 9.17) is 18.9 Å². The van der Waals surface area contributed by atoms with Gasteiger partial charge in [-0.1, -0.05) is 48.5 Å². The molecule has 0 aromatic heterocycles. The van der Waals surface area contributed by atoms with Crippen molar-refractivity contribution in [2.45, 2.75) is 94.7 Å². The number of benzene rings is 4.